The van der Waals surface area contributed by atoms with Crippen LogP contribution in [0.3, 0.4) is 0 Å². The molecule has 0 amide bonds. The highest BCUT2D eigenvalue weighted by molar-refractivity contribution is 5.80. The molecule has 4 N–H and O–H groups in total. The highest BCUT2D eigenvalue weighted by Gasteiger charge is 2.30. The second-order valence-electron chi connectivity index (χ2n) is 6.05. The standard InChI is InChI=1S/C19H18F3N5O/c1-11-4-3-5-15(12(11)2)27-18-16(23)17(24-10-25-18)26-13-6-8-14(9-7-13)28-19(20,21)22/h3-10H,23H2,1-2H3,(H2,24,25,26,27). The fraction of sp³-hybridized carbons (Fsp3) is 0.158. The molecule has 0 atom stereocenters. The average molecular weight is 389 g/mol. The minimum absolute atomic E-state index is 0.277. The van der Waals surface area contributed by atoms with Crippen LogP contribution in [0.15, 0.2) is 48.8 Å². The van der Waals surface area contributed by atoms with E-state index in [0.717, 1.165) is 16.8 Å². The maximum atomic E-state index is 12.2. The smallest absolute Gasteiger partial charge is 0.406 e. The van der Waals surface area contributed by atoms with Crippen molar-refractivity contribution < 1.29 is 17.9 Å². The molecule has 0 unspecified atom stereocenters. The van der Waals surface area contributed by atoms with Gasteiger partial charge < -0.3 is 21.1 Å². The molecule has 1 aromatic heterocycles. The second kappa shape index (κ2) is 7.63. The Morgan fingerprint density at radius 3 is 2.21 bits per heavy atom. The number of halogens is 3. The van der Waals surface area contributed by atoms with Crippen LogP contribution in [-0.2, 0) is 0 Å². The first-order valence-electron chi connectivity index (χ1n) is 8.29. The minimum Gasteiger partial charge on any atom is -0.406 e. The minimum atomic E-state index is -4.74. The molecule has 0 aliphatic heterocycles. The first-order valence-corrected chi connectivity index (χ1v) is 8.29. The van der Waals surface area contributed by atoms with E-state index in [4.69, 9.17) is 5.73 Å². The summed E-state index contributed by atoms with van der Waals surface area (Å²) in [5.74, 6) is 0.432. The molecule has 2 aromatic carbocycles. The Kier molecular flexibility index (Phi) is 5.25. The molecule has 0 radical (unpaired) electrons. The van der Waals surface area contributed by atoms with Gasteiger partial charge in [-0.15, -0.1) is 13.2 Å². The van der Waals surface area contributed by atoms with Crippen molar-refractivity contribution in [1.82, 2.24) is 9.97 Å². The Labute approximate surface area is 159 Å². The number of nitrogen functional groups attached to an aromatic ring is 1. The number of nitrogens with zero attached hydrogens (tertiary/aromatic N) is 2. The van der Waals surface area contributed by atoms with Crippen molar-refractivity contribution >= 4 is 28.7 Å². The van der Waals surface area contributed by atoms with Crippen molar-refractivity contribution in [3.05, 3.63) is 59.9 Å². The molecule has 3 rings (SSSR count). The van der Waals surface area contributed by atoms with E-state index < -0.39 is 6.36 Å². The highest BCUT2D eigenvalue weighted by atomic mass is 19.4. The maximum absolute atomic E-state index is 12.2. The van der Waals surface area contributed by atoms with Gasteiger partial charge in [-0.1, -0.05) is 12.1 Å². The van der Waals surface area contributed by atoms with E-state index in [9.17, 15) is 13.2 Å². The van der Waals surface area contributed by atoms with E-state index >= 15 is 0 Å². The van der Waals surface area contributed by atoms with Crippen LogP contribution in [0.25, 0.3) is 0 Å². The van der Waals surface area contributed by atoms with Gasteiger partial charge in [-0.2, -0.15) is 0 Å². The maximum Gasteiger partial charge on any atom is 0.573 e. The number of hydrogen-bond donors (Lipinski definition) is 3. The second-order valence-corrected chi connectivity index (χ2v) is 6.05. The topological polar surface area (TPSA) is 85.1 Å². The molecule has 0 saturated carbocycles. The molecule has 1 heterocycles. The quantitative estimate of drug-likeness (QED) is 0.565. The van der Waals surface area contributed by atoms with Gasteiger partial charge in [0.25, 0.3) is 0 Å². The number of aromatic nitrogens is 2. The zero-order valence-corrected chi connectivity index (χ0v) is 15.1. The molecule has 3 aromatic rings. The third-order valence-electron chi connectivity index (χ3n) is 4.09. The number of benzene rings is 2. The molecule has 0 spiro atoms. The van der Waals surface area contributed by atoms with Gasteiger partial charge in [-0.05, 0) is 55.3 Å². The Morgan fingerprint density at radius 2 is 1.57 bits per heavy atom. The zero-order chi connectivity index (χ0) is 20.3. The lowest BCUT2D eigenvalue weighted by Crippen LogP contribution is -2.17. The Bertz CT molecular complexity index is 974. The van der Waals surface area contributed by atoms with E-state index in [-0.39, 0.29) is 11.4 Å². The summed E-state index contributed by atoms with van der Waals surface area (Å²) in [4.78, 5) is 8.27. The lowest BCUT2D eigenvalue weighted by Gasteiger charge is -2.15. The van der Waals surface area contributed by atoms with Crippen LogP contribution in [0, 0.1) is 13.8 Å². The van der Waals surface area contributed by atoms with Gasteiger partial charge in [0.1, 0.15) is 17.8 Å². The molecular formula is C19H18F3N5O. The molecular weight excluding hydrogens is 371 g/mol. The normalized spacial score (nSPS) is 11.2. The van der Waals surface area contributed by atoms with Crippen LogP contribution in [0.1, 0.15) is 11.1 Å². The number of hydrogen-bond acceptors (Lipinski definition) is 6. The molecule has 6 nitrogen and oxygen atoms in total. The van der Waals surface area contributed by atoms with Crippen LogP contribution >= 0.6 is 0 Å². The van der Waals surface area contributed by atoms with Gasteiger partial charge in [0.15, 0.2) is 11.6 Å². The van der Waals surface area contributed by atoms with Crippen LogP contribution in [0.2, 0.25) is 0 Å². The van der Waals surface area contributed by atoms with Crippen LogP contribution < -0.4 is 21.1 Å². The number of nitrogens with two attached hydrogens (primary N) is 1. The third kappa shape index (κ3) is 4.61. The van der Waals surface area contributed by atoms with E-state index in [1.807, 2.05) is 32.0 Å². The highest BCUT2D eigenvalue weighted by Crippen LogP contribution is 2.31. The van der Waals surface area contributed by atoms with Gasteiger partial charge in [-0.25, -0.2) is 9.97 Å². The number of anilines is 5. The van der Waals surface area contributed by atoms with Crippen molar-refractivity contribution in [2.75, 3.05) is 16.4 Å². The summed E-state index contributed by atoms with van der Waals surface area (Å²) in [6, 6.07) is 11.1. The zero-order valence-electron chi connectivity index (χ0n) is 15.1. The number of nitrogens with one attached hydrogen (secondary N) is 2. The molecule has 0 saturated heterocycles. The van der Waals surface area contributed by atoms with Crippen LogP contribution in [0.4, 0.5) is 41.9 Å². The Hall–Kier alpha value is -3.49. The fourth-order valence-electron chi connectivity index (χ4n) is 2.49. The van der Waals surface area contributed by atoms with Gasteiger partial charge in [0.05, 0.1) is 0 Å². The Morgan fingerprint density at radius 1 is 0.929 bits per heavy atom. The number of aryl methyl sites for hydroxylation is 1. The summed E-state index contributed by atoms with van der Waals surface area (Å²) in [5.41, 5.74) is 9.98. The van der Waals surface area contributed by atoms with Crippen LogP contribution in [0.5, 0.6) is 5.75 Å². The number of alkyl halides is 3. The van der Waals surface area contributed by atoms with Gasteiger partial charge in [0.2, 0.25) is 0 Å². The SMILES string of the molecule is Cc1cccc(Nc2ncnc(Nc3ccc(OC(F)(F)F)cc3)c2N)c1C. The Balaban J connectivity index is 1.78. The fourth-order valence-corrected chi connectivity index (χ4v) is 2.49. The van der Waals surface area contributed by atoms with Crippen LogP contribution in [-0.4, -0.2) is 16.3 Å². The van der Waals surface area contributed by atoms with Crippen molar-refractivity contribution in [3.63, 3.8) is 0 Å². The predicted octanol–water partition coefficient (Wildman–Crippen LogP) is 5.06. The largest absolute Gasteiger partial charge is 0.573 e. The lowest BCUT2D eigenvalue weighted by atomic mass is 10.1. The van der Waals surface area contributed by atoms with Gasteiger partial charge in [-0.3, -0.25) is 0 Å². The average Bonchev–Trinajstić information content (AvgIpc) is 2.62. The number of rotatable bonds is 5. The summed E-state index contributed by atoms with van der Waals surface area (Å²) < 4.78 is 40.6. The summed E-state index contributed by atoms with van der Waals surface area (Å²) in [7, 11) is 0. The van der Waals surface area contributed by atoms with Crippen molar-refractivity contribution in [1.29, 1.82) is 0 Å². The molecule has 0 fully saturated rings. The first kappa shape index (κ1) is 19.3. The molecule has 0 bridgehead atoms. The number of ether oxygens (including phenoxy) is 1. The van der Waals surface area contributed by atoms with Gasteiger partial charge in [0, 0.05) is 11.4 Å². The predicted molar refractivity (Wildman–Crippen MR) is 102 cm³/mol. The van der Waals surface area contributed by atoms with E-state index in [0.29, 0.717) is 17.3 Å². The van der Waals surface area contributed by atoms with Crippen molar-refractivity contribution in [2.24, 2.45) is 0 Å². The van der Waals surface area contributed by atoms with Crippen molar-refractivity contribution in [3.8, 4) is 5.75 Å². The summed E-state index contributed by atoms with van der Waals surface area (Å²) in [5, 5.41) is 6.14. The van der Waals surface area contributed by atoms with Gasteiger partial charge >= 0.3 is 6.36 Å². The summed E-state index contributed by atoms with van der Waals surface area (Å²) in [6.07, 6.45) is -3.40. The van der Waals surface area contributed by atoms with E-state index in [1.54, 1.807) is 0 Å². The third-order valence-corrected chi connectivity index (χ3v) is 4.09. The molecule has 0 aliphatic carbocycles. The molecule has 28 heavy (non-hydrogen) atoms. The molecule has 9 heteroatoms. The monoisotopic (exact) mass is 389 g/mol. The summed E-state index contributed by atoms with van der Waals surface area (Å²) in [6.45, 7) is 3.99. The van der Waals surface area contributed by atoms with E-state index in [2.05, 4.69) is 25.3 Å². The van der Waals surface area contributed by atoms with E-state index in [1.165, 1.54) is 30.6 Å². The lowest BCUT2D eigenvalue weighted by molar-refractivity contribution is -0.274. The van der Waals surface area contributed by atoms with Crippen molar-refractivity contribution in [2.45, 2.75) is 20.2 Å². The first-order chi connectivity index (χ1) is 13.2. The molecule has 0 aliphatic rings. The molecule has 146 valence electrons. The summed E-state index contributed by atoms with van der Waals surface area (Å²) >= 11 is 0.